The summed E-state index contributed by atoms with van der Waals surface area (Å²) in [7, 11) is 0. The van der Waals surface area contributed by atoms with Gasteiger partial charge in [-0.2, -0.15) is 10.5 Å². The van der Waals surface area contributed by atoms with E-state index in [9.17, 15) is 15.3 Å². The third kappa shape index (κ3) is 4.45. The Bertz CT molecular complexity index is 987. The zero-order valence-corrected chi connectivity index (χ0v) is 15.1. The molecule has 0 spiro atoms. The van der Waals surface area contributed by atoms with Gasteiger partial charge in [0.05, 0.1) is 4.53 Å². The number of hydrogen-bond donors (Lipinski definition) is 0. The molecule has 0 atom stereocenters. The first kappa shape index (κ1) is 18.7. The molecule has 0 N–H and O–H groups in total. The third-order valence-electron chi connectivity index (χ3n) is 3.69. The molecule has 1 aromatic heterocycles. The summed E-state index contributed by atoms with van der Waals surface area (Å²) in [5, 5.41) is 18.4. The summed E-state index contributed by atoms with van der Waals surface area (Å²) >= 11 is 1.18. The van der Waals surface area contributed by atoms with Crippen molar-refractivity contribution in [3.8, 4) is 12.1 Å². The highest BCUT2D eigenvalue weighted by Crippen LogP contribution is 2.07. The molecule has 0 fully saturated rings. The highest BCUT2D eigenvalue weighted by atomic mass is 32.1. The predicted octanol–water partition coefficient (Wildman–Crippen LogP) is 1.67. The van der Waals surface area contributed by atoms with Gasteiger partial charge in [0.2, 0.25) is 0 Å². The molecular formula is C19H19N3O2S. The summed E-state index contributed by atoms with van der Waals surface area (Å²) in [4.78, 5) is 12.8. The van der Waals surface area contributed by atoms with Gasteiger partial charge in [0, 0.05) is 19.8 Å². The van der Waals surface area contributed by atoms with Crippen molar-refractivity contribution in [2.75, 3.05) is 13.2 Å². The van der Waals surface area contributed by atoms with Gasteiger partial charge in [-0.05, 0) is 37.5 Å². The van der Waals surface area contributed by atoms with Crippen LogP contribution in [0.3, 0.4) is 0 Å². The quantitative estimate of drug-likeness (QED) is 0.740. The molecule has 0 bridgehead atoms. The first-order valence-electron chi connectivity index (χ1n) is 8.01. The molecule has 0 aliphatic heterocycles. The molecule has 0 aliphatic rings. The number of aromatic nitrogens is 1. The van der Waals surface area contributed by atoms with Crippen LogP contribution in [0, 0.1) is 29.6 Å². The molecular weight excluding hydrogens is 334 g/mol. The zero-order chi connectivity index (χ0) is 18.2. The van der Waals surface area contributed by atoms with E-state index in [2.05, 4.69) is 0 Å². The van der Waals surface area contributed by atoms with Gasteiger partial charge in [-0.15, -0.1) is 11.3 Å². The molecule has 25 heavy (non-hydrogen) atoms. The second kappa shape index (κ2) is 8.98. The van der Waals surface area contributed by atoms with Gasteiger partial charge in [-0.25, -0.2) is 0 Å². The minimum Gasteiger partial charge on any atom is -0.382 e. The van der Waals surface area contributed by atoms with Crippen molar-refractivity contribution in [1.82, 2.24) is 4.57 Å². The largest absolute Gasteiger partial charge is 0.382 e. The fourth-order valence-corrected chi connectivity index (χ4v) is 3.46. The molecule has 0 saturated carbocycles. The predicted molar refractivity (Wildman–Crippen MR) is 98.3 cm³/mol. The number of benzene rings is 1. The molecule has 2 aromatic rings. The Morgan fingerprint density at radius 2 is 2.04 bits per heavy atom. The van der Waals surface area contributed by atoms with Gasteiger partial charge < -0.3 is 4.74 Å². The maximum absolute atomic E-state index is 12.8. The van der Waals surface area contributed by atoms with Crippen molar-refractivity contribution in [3.63, 3.8) is 0 Å². The number of nitrogens with zero attached hydrogens (tertiary/aromatic N) is 3. The van der Waals surface area contributed by atoms with Gasteiger partial charge in [-0.1, -0.05) is 24.3 Å². The average Bonchev–Trinajstić information content (AvgIpc) is 2.91. The number of rotatable bonds is 6. The van der Waals surface area contributed by atoms with Crippen molar-refractivity contribution < 1.29 is 4.74 Å². The Balaban J connectivity index is 2.60. The summed E-state index contributed by atoms with van der Waals surface area (Å²) in [5.41, 5.74) is 1.79. The highest BCUT2D eigenvalue weighted by Gasteiger charge is 2.09. The molecule has 0 saturated heterocycles. The molecule has 128 valence electrons. The van der Waals surface area contributed by atoms with Gasteiger partial charge >= 0.3 is 0 Å². The second-order valence-corrected chi connectivity index (χ2v) is 6.41. The van der Waals surface area contributed by atoms with Crippen LogP contribution in [0.4, 0.5) is 0 Å². The van der Waals surface area contributed by atoms with E-state index < -0.39 is 0 Å². The first-order chi connectivity index (χ1) is 12.1. The summed E-state index contributed by atoms with van der Waals surface area (Å²) in [6, 6.07) is 11.5. The summed E-state index contributed by atoms with van der Waals surface area (Å²) in [5.74, 6) is 0. The lowest BCUT2D eigenvalue weighted by molar-refractivity contribution is 0.141. The van der Waals surface area contributed by atoms with E-state index in [1.807, 2.05) is 56.3 Å². The second-order valence-electron chi connectivity index (χ2n) is 5.38. The van der Waals surface area contributed by atoms with E-state index in [0.717, 1.165) is 11.1 Å². The Labute approximate surface area is 150 Å². The monoisotopic (exact) mass is 353 g/mol. The lowest BCUT2D eigenvalue weighted by atomic mass is 10.1. The van der Waals surface area contributed by atoms with Crippen LogP contribution < -0.4 is 14.8 Å². The van der Waals surface area contributed by atoms with Gasteiger partial charge in [-0.3, -0.25) is 9.36 Å². The summed E-state index contributed by atoms with van der Waals surface area (Å²) < 4.78 is 7.75. The Kier molecular flexibility index (Phi) is 6.71. The fraction of sp³-hybridized carbons (Fsp3) is 0.316. The average molecular weight is 353 g/mol. The molecule has 0 aliphatic carbocycles. The van der Waals surface area contributed by atoms with E-state index in [0.29, 0.717) is 35.4 Å². The van der Waals surface area contributed by atoms with Crippen LogP contribution in [0.1, 0.15) is 24.5 Å². The van der Waals surface area contributed by atoms with Crippen molar-refractivity contribution in [3.05, 3.63) is 54.9 Å². The fourth-order valence-electron chi connectivity index (χ4n) is 2.39. The Hall–Kier alpha value is -2.67. The Morgan fingerprint density at radius 1 is 1.32 bits per heavy atom. The van der Waals surface area contributed by atoms with E-state index in [4.69, 9.17) is 4.74 Å². The number of thiazole rings is 1. The molecule has 5 nitrogen and oxygen atoms in total. The number of ether oxygens (including phenoxy) is 1. The Morgan fingerprint density at radius 3 is 2.68 bits per heavy atom. The van der Waals surface area contributed by atoms with Crippen LogP contribution >= 0.6 is 11.3 Å². The lowest BCUT2D eigenvalue weighted by Gasteiger charge is -2.02. The zero-order valence-electron chi connectivity index (χ0n) is 14.3. The van der Waals surface area contributed by atoms with Crippen LogP contribution in [0.2, 0.25) is 0 Å². The maximum Gasteiger partial charge on any atom is 0.269 e. The SMILES string of the molecule is CCOCCCn1c(=C(C#N)C#N)s/c(=C/c2ccccc2C)c1=O. The number of nitriles is 2. The van der Waals surface area contributed by atoms with Crippen LogP contribution in [-0.4, -0.2) is 17.8 Å². The molecule has 0 amide bonds. The van der Waals surface area contributed by atoms with Crippen molar-refractivity contribution >= 4 is 23.0 Å². The molecule has 1 aromatic carbocycles. The normalized spacial score (nSPS) is 11.1. The molecule has 0 unspecified atom stereocenters. The van der Waals surface area contributed by atoms with E-state index in [-0.39, 0.29) is 11.1 Å². The van der Waals surface area contributed by atoms with Crippen molar-refractivity contribution in [1.29, 1.82) is 10.5 Å². The van der Waals surface area contributed by atoms with Crippen molar-refractivity contribution in [2.24, 2.45) is 0 Å². The van der Waals surface area contributed by atoms with Crippen LogP contribution in [0.25, 0.3) is 11.6 Å². The van der Waals surface area contributed by atoms with Crippen LogP contribution in [0.15, 0.2) is 29.1 Å². The van der Waals surface area contributed by atoms with Crippen molar-refractivity contribution in [2.45, 2.75) is 26.8 Å². The molecule has 1 heterocycles. The molecule has 6 heteroatoms. The topological polar surface area (TPSA) is 78.8 Å². The minimum absolute atomic E-state index is 0.0389. The van der Waals surface area contributed by atoms with Crippen LogP contribution in [0.5, 0.6) is 0 Å². The van der Waals surface area contributed by atoms with E-state index in [1.54, 1.807) is 0 Å². The van der Waals surface area contributed by atoms with Gasteiger partial charge in [0.25, 0.3) is 5.56 Å². The number of aryl methyl sites for hydroxylation is 1. The van der Waals surface area contributed by atoms with Gasteiger partial charge in [0.15, 0.2) is 5.57 Å². The van der Waals surface area contributed by atoms with E-state index in [1.165, 1.54) is 15.9 Å². The van der Waals surface area contributed by atoms with Gasteiger partial charge in [0.1, 0.15) is 16.8 Å². The summed E-state index contributed by atoms with van der Waals surface area (Å²) in [6.07, 6.45) is 2.46. The summed E-state index contributed by atoms with van der Waals surface area (Å²) in [6.45, 7) is 5.45. The maximum atomic E-state index is 12.8. The van der Waals surface area contributed by atoms with E-state index >= 15 is 0 Å². The highest BCUT2D eigenvalue weighted by molar-refractivity contribution is 7.07. The van der Waals surface area contributed by atoms with Crippen LogP contribution in [-0.2, 0) is 11.3 Å². The lowest BCUT2D eigenvalue weighted by Crippen LogP contribution is -2.32. The standard InChI is InChI=1S/C19H19N3O2S/c1-3-24-10-6-9-22-18(23)17(25-19(22)16(12-20)13-21)11-15-8-5-4-7-14(15)2/h4-5,7-8,11H,3,6,9-10H2,1-2H3/b17-11+. The first-order valence-corrected chi connectivity index (χ1v) is 8.83. The minimum atomic E-state index is -0.178. The third-order valence-corrected chi connectivity index (χ3v) is 4.83. The number of hydrogen-bond acceptors (Lipinski definition) is 5. The smallest absolute Gasteiger partial charge is 0.269 e. The molecule has 0 radical (unpaired) electrons. The molecule has 2 rings (SSSR count).